The molecule has 3 nitrogen and oxygen atoms in total. The first-order valence-electron chi connectivity index (χ1n) is 5.97. The quantitative estimate of drug-likeness (QED) is 0.914. The minimum atomic E-state index is 0.00833. The Balaban J connectivity index is 1.83. The summed E-state index contributed by atoms with van der Waals surface area (Å²) in [6.07, 6.45) is 1.78. The van der Waals surface area contributed by atoms with E-state index in [0.717, 1.165) is 22.7 Å². The van der Waals surface area contributed by atoms with E-state index in [9.17, 15) is 4.79 Å². The van der Waals surface area contributed by atoms with Crippen LogP contribution in [-0.4, -0.2) is 17.4 Å². The first-order chi connectivity index (χ1) is 8.70. The van der Waals surface area contributed by atoms with Gasteiger partial charge in [-0.3, -0.25) is 4.79 Å². The molecule has 0 bridgehead atoms. The topological polar surface area (TPSA) is 42.0 Å². The van der Waals surface area contributed by atoms with Crippen LogP contribution in [0.1, 0.15) is 32.2 Å². The van der Waals surface area contributed by atoms with Crippen LogP contribution in [-0.2, 0) is 12.8 Å². The van der Waals surface area contributed by atoms with E-state index < -0.39 is 0 Å². The van der Waals surface area contributed by atoms with Crippen molar-refractivity contribution in [1.82, 2.24) is 10.3 Å². The Morgan fingerprint density at radius 2 is 2.33 bits per heavy atom. The van der Waals surface area contributed by atoms with Crippen LogP contribution in [0.4, 0.5) is 0 Å². The highest BCUT2D eigenvalue weighted by atomic mass is 32.1. The van der Waals surface area contributed by atoms with Crippen LogP contribution in [0.5, 0.6) is 0 Å². The third-order valence-corrected chi connectivity index (χ3v) is 4.58. The Morgan fingerprint density at radius 1 is 1.50 bits per heavy atom. The van der Waals surface area contributed by atoms with Gasteiger partial charge in [-0.1, -0.05) is 13.0 Å². The molecule has 0 fully saturated rings. The third-order valence-electron chi connectivity index (χ3n) is 2.64. The molecule has 0 saturated heterocycles. The molecular formula is C13H16N2OS2. The van der Waals surface area contributed by atoms with Gasteiger partial charge in [0.25, 0.3) is 5.91 Å². The average Bonchev–Trinajstić information content (AvgIpc) is 2.98. The Labute approximate surface area is 115 Å². The van der Waals surface area contributed by atoms with Gasteiger partial charge < -0.3 is 5.32 Å². The molecular weight excluding hydrogens is 264 g/mol. The zero-order valence-corrected chi connectivity index (χ0v) is 12.2. The van der Waals surface area contributed by atoms with Crippen LogP contribution in [0.25, 0.3) is 0 Å². The molecule has 0 unspecified atom stereocenters. The molecule has 0 spiro atoms. The molecule has 1 amide bonds. The monoisotopic (exact) mass is 280 g/mol. The van der Waals surface area contributed by atoms with Crippen molar-refractivity contribution in [2.75, 3.05) is 6.54 Å². The number of hydrogen-bond acceptors (Lipinski definition) is 4. The Morgan fingerprint density at radius 3 is 2.94 bits per heavy atom. The van der Waals surface area contributed by atoms with Gasteiger partial charge in [0.2, 0.25) is 0 Å². The van der Waals surface area contributed by atoms with E-state index in [0.29, 0.717) is 6.54 Å². The lowest BCUT2D eigenvalue weighted by Gasteiger charge is -2.01. The molecule has 0 aliphatic rings. The van der Waals surface area contributed by atoms with E-state index in [4.69, 9.17) is 0 Å². The largest absolute Gasteiger partial charge is 0.351 e. The second kappa shape index (κ2) is 6.11. The van der Waals surface area contributed by atoms with E-state index in [1.165, 1.54) is 21.9 Å². The van der Waals surface area contributed by atoms with Gasteiger partial charge in [0.15, 0.2) is 0 Å². The summed E-state index contributed by atoms with van der Waals surface area (Å²) in [6, 6.07) is 3.72. The number of thiazole rings is 1. The van der Waals surface area contributed by atoms with Crippen LogP contribution < -0.4 is 5.32 Å². The second-order valence-electron chi connectivity index (χ2n) is 3.95. The van der Waals surface area contributed by atoms with Crippen LogP contribution in [0, 0.1) is 6.92 Å². The minimum Gasteiger partial charge on any atom is -0.351 e. The number of amides is 1. The number of aromatic nitrogens is 1. The second-order valence-corrected chi connectivity index (χ2v) is 6.18. The van der Waals surface area contributed by atoms with E-state index in [2.05, 4.69) is 24.1 Å². The van der Waals surface area contributed by atoms with E-state index in [-0.39, 0.29) is 5.91 Å². The van der Waals surface area contributed by atoms with Gasteiger partial charge in [0.1, 0.15) is 0 Å². The normalized spacial score (nSPS) is 10.6. The summed E-state index contributed by atoms with van der Waals surface area (Å²) in [6.45, 7) is 4.86. The molecule has 2 heterocycles. The van der Waals surface area contributed by atoms with Crippen molar-refractivity contribution in [2.24, 2.45) is 0 Å². The highest BCUT2D eigenvalue weighted by Crippen LogP contribution is 2.18. The van der Waals surface area contributed by atoms with E-state index in [1.54, 1.807) is 11.3 Å². The van der Waals surface area contributed by atoms with E-state index in [1.807, 2.05) is 17.5 Å². The predicted molar refractivity (Wildman–Crippen MR) is 76.6 cm³/mol. The molecule has 0 atom stereocenters. The molecule has 0 radical (unpaired) electrons. The van der Waals surface area contributed by atoms with Gasteiger partial charge in [0, 0.05) is 17.8 Å². The summed E-state index contributed by atoms with van der Waals surface area (Å²) in [4.78, 5) is 18.3. The average molecular weight is 280 g/mol. The zero-order chi connectivity index (χ0) is 13.0. The number of nitrogens with zero attached hydrogens (tertiary/aromatic N) is 1. The van der Waals surface area contributed by atoms with Gasteiger partial charge in [-0.25, -0.2) is 4.98 Å². The number of hydrogen-bond donors (Lipinski definition) is 1. The maximum Gasteiger partial charge on any atom is 0.261 e. The number of aryl methyl sites for hydroxylation is 2. The van der Waals surface area contributed by atoms with Gasteiger partial charge in [-0.15, -0.1) is 22.7 Å². The lowest BCUT2D eigenvalue weighted by molar-refractivity contribution is 0.0958. The Bertz CT molecular complexity index is 517. The van der Waals surface area contributed by atoms with Crippen molar-refractivity contribution < 1.29 is 4.79 Å². The minimum absolute atomic E-state index is 0.00833. The predicted octanol–water partition coefficient (Wildman–Crippen LogP) is 3.05. The van der Waals surface area contributed by atoms with Crippen molar-refractivity contribution in [3.05, 3.63) is 38.0 Å². The summed E-state index contributed by atoms with van der Waals surface area (Å²) in [5, 5.41) is 5.94. The lowest BCUT2D eigenvalue weighted by Crippen LogP contribution is -2.24. The van der Waals surface area contributed by atoms with Gasteiger partial charge >= 0.3 is 0 Å². The highest BCUT2D eigenvalue weighted by molar-refractivity contribution is 7.12. The third kappa shape index (κ3) is 3.17. The summed E-state index contributed by atoms with van der Waals surface area (Å²) in [7, 11) is 0. The smallest absolute Gasteiger partial charge is 0.261 e. The van der Waals surface area contributed by atoms with Gasteiger partial charge in [0.05, 0.1) is 15.6 Å². The number of rotatable bonds is 5. The summed E-state index contributed by atoms with van der Waals surface area (Å²) in [5.41, 5.74) is 1.18. The summed E-state index contributed by atoms with van der Waals surface area (Å²) in [5.74, 6) is 0.00833. The fourth-order valence-electron chi connectivity index (χ4n) is 1.70. The van der Waals surface area contributed by atoms with Gasteiger partial charge in [-0.2, -0.15) is 0 Å². The standard InChI is InChI=1S/C13H16N2OS2/c1-3-10-9(2)18-12(15-10)6-7-14-13(16)11-5-4-8-17-11/h4-5,8H,3,6-7H2,1-2H3,(H,14,16). The molecule has 1 N–H and O–H groups in total. The maximum absolute atomic E-state index is 11.7. The van der Waals surface area contributed by atoms with Crippen LogP contribution in [0.3, 0.4) is 0 Å². The van der Waals surface area contributed by atoms with Crippen molar-refractivity contribution in [3.63, 3.8) is 0 Å². The van der Waals surface area contributed by atoms with Crippen molar-refractivity contribution in [1.29, 1.82) is 0 Å². The Kier molecular flexibility index (Phi) is 4.49. The Hall–Kier alpha value is -1.20. The highest BCUT2D eigenvalue weighted by Gasteiger charge is 2.08. The maximum atomic E-state index is 11.7. The molecule has 5 heteroatoms. The molecule has 96 valence electrons. The molecule has 2 aromatic heterocycles. The SMILES string of the molecule is CCc1nc(CCNC(=O)c2cccs2)sc1C. The van der Waals surface area contributed by atoms with Crippen molar-refractivity contribution in [3.8, 4) is 0 Å². The summed E-state index contributed by atoms with van der Waals surface area (Å²) >= 11 is 3.19. The fraction of sp³-hybridized carbons (Fsp3) is 0.385. The van der Waals surface area contributed by atoms with Gasteiger partial charge in [-0.05, 0) is 24.8 Å². The van der Waals surface area contributed by atoms with E-state index >= 15 is 0 Å². The van der Waals surface area contributed by atoms with Crippen LogP contribution >= 0.6 is 22.7 Å². The van der Waals surface area contributed by atoms with Crippen LogP contribution in [0.15, 0.2) is 17.5 Å². The lowest BCUT2D eigenvalue weighted by atomic mass is 10.3. The number of carbonyl (C=O) groups is 1. The molecule has 18 heavy (non-hydrogen) atoms. The zero-order valence-electron chi connectivity index (χ0n) is 10.5. The van der Waals surface area contributed by atoms with Crippen molar-refractivity contribution in [2.45, 2.75) is 26.7 Å². The summed E-state index contributed by atoms with van der Waals surface area (Å²) < 4.78 is 0. The molecule has 2 aromatic rings. The number of nitrogens with one attached hydrogen (secondary N) is 1. The molecule has 0 aliphatic heterocycles. The number of carbonyl (C=O) groups excluding carboxylic acids is 1. The molecule has 0 saturated carbocycles. The first kappa shape index (κ1) is 13.2. The molecule has 2 rings (SSSR count). The molecule has 0 aromatic carbocycles. The first-order valence-corrected chi connectivity index (χ1v) is 7.67. The number of thiophene rings is 1. The van der Waals surface area contributed by atoms with Crippen LogP contribution in [0.2, 0.25) is 0 Å². The molecule has 0 aliphatic carbocycles. The van der Waals surface area contributed by atoms with Crippen molar-refractivity contribution >= 4 is 28.6 Å². The fourth-order valence-corrected chi connectivity index (χ4v) is 3.36.